The van der Waals surface area contributed by atoms with Crippen LogP contribution in [0, 0.1) is 0 Å². The average Bonchev–Trinajstić information content (AvgIpc) is 2.56. The molecule has 1 heterocycles. The van der Waals surface area contributed by atoms with Gasteiger partial charge in [0.2, 0.25) is 0 Å². The number of hydrogen-bond acceptors (Lipinski definition) is 6. The number of nitrogens with one attached hydrogen (secondary N) is 1. The third-order valence-electron chi connectivity index (χ3n) is 2.45. The quantitative estimate of drug-likeness (QED) is 0.608. The van der Waals surface area contributed by atoms with Crippen LogP contribution in [0.5, 0.6) is 0 Å². The maximum absolute atomic E-state index is 11.7. The number of hydrogen-bond donors (Lipinski definition) is 3. The van der Waals surface area contributed by atoms with E-state index in [4.69, 9.17) is 10.8 Å². The minimum Gasteiger partial charge on any atom is -0.394 e. The Morgan fingerprint density at radius 1 is 1.50 bits per heavy atom. The molecule has 0 amide bonds. The molecule has 1 rings (SSSR count). The lowest BCUT2D eigenvalue weighted by molar-refractivity contribution is 0.270. The molecule has 0 radical (unpaired) electrons. The molecule has 104 valence electrons. The largest absolute Gasteiger partial charge is 0.394 e. The standard InChI is InChI=1S/C10H20N4O3S/c1-3-4-5-12-10-8(18(2,16)17)9(11)14(13-10)6-7-15/h15H,3-7,11H2,1-2H3,(H,12,13). The first-order chi connectivity index (χ1) is 8.41. The fourth-order valence-electron chi connectivity index (χ4n) is 1.59. The number of sulfone groups is 1. The van der Waals surface area contributed by atoms with E-state index in [-0.39, 0.29) is 29.7 Å². The normalized spacial score (nSPS) is 11.7. The summed E-state index contributed by atoms with van der Waals surface area (Å²) in [5.41, 5.74) is 5.75. The molecule has 1 aromatic rings. The summed E-state index contributed by atoms with van der Waals surface area (Å²) in [6.45, 7) is 2.69. The van der Waals surface area contributed by atoms with Gasteiger partial charge in [-0.15, -0.1) is 0 Å². The van der Waals surface area contributed by atoms with Gasteiger partial charge in [-0.3, -0.25) is 0 Å². The van der Waals surface area contributed by atoms with Gasteiger partial charge >= 0.3 is 0 Å². The van der Waals surface area contributed by atoms with Crippen molar-refractivity contribution in [2.24, 2.45) is 0 Å². The fraction of sp³-hybridized carbons (Fsp3) is 0.700. The van der Waals surface area contributed by atoms with Crippen molar-refractivity contribution in [2.45, 2.75) is 31.2 Å². The van der Waals surface area contributed by atoms with E-state index in [0.29, 0.717) is 6.54 Å². The van der Waals surface area contributed by atoms with Gasteiger partial charge in [-0.2, -0.15) is 5.10 Å². The number of anilines is 2. The Morgan fingerprint density at radius 3 is 2.67 bits per heavy atom. The number of aliphatic hydroxyl groups is 1. The molecular weight excluding hydrogens is 256 g/mol. The van der Waals surface area contributed by atoms with Gasteiger partial charge < -0.3 is 16.2 Å². The van der Waals surface area contributed by atoms with E-state index in [1.807, 2.05) is 6.92 Å². The number of nitrogen functional groups attached to an aromatic ring is 1. The molecule has 7 nitrogen and oxygen atoms in total. The summed E-state index contributed by atoms with van der Waals surface area (Å²) in [5, 5.41) is 15.9. The summed E-state index contributed by atoms with van der Waals surface area (Å²) in [7, 11) is -3.45. The van der Waals surface area contributed by atoms with Gasteiger partial charge in [-0.05, 0) is 6.42 Å². The smallest absolute Gasteiger partial charge is 0.182 e. The van der Waals surface area contributed by atoms with E-state index in [0.717, 1.165) is 19.1 Å². The van der Waals surface area contributed by atoms with Crippen LogP contribution in [-0.4, -0.2) is 42.7 Å². The highest BCUT2D eigenvalue weighted by molar-refractivity contribution is 7.91. The molecule has 0 aromatic carbocycles. The van der Waals surface area contributed by atoms with Crippen LogP contribution in [-0.2, 0) is 16.4 Å². The van der Waals surface area contributed by atoms with Crippen molar-refractivity contribution in [1.82, 2.24) is 9.78 Å². The highest BCUT2D eigenvalue weighted by Gasteiger charge is 2.23. The van der Waals surface area contributed by atoms with Crippen molar-refractivity contribution in [1.29, 1.82) is 0 Å². The Balaban J connectivity index is 3.10. The van der Waals surface area contributed by atoms with Gasteiger partial charge in [0.1, 0.15) is 5.82 Å². The SMILES string of the molecule is CCCCNc1nn(CCO)c(N)c1S(C)(=O)=O. The minimum atomic E-state index is -3.45. The third kappa shape index (κ3) is 3.36. The lowest BCUT2D eigenvalue weighted by Crippen LogP contribution is -2.09. The number of nitrogens with two attached hydrogens (primary N) is 1. The van der Waals surface area contributed by atoms with Gasteiger partial charge in [-0.1, -0.05) is 13.3 Å². The molecule has 18 heavy (non-hydrogen) atoms. The van der Waals surface area contributed by atoms with Crippen LogP contribution < -0.4 is 11.1 Å². The van der Waals surface area contributed by atoms with Gasteiger partial charge in [-0.25, -0.2) is 13.1 Å². The Hall–Kier alpha value is -1.28. The van der Waals surface area contributed by atoms with Crippen molar-refractivity contribution in [2.75, 3.05) is 30.5 Å². The fourth-order valence-corrected chi connectivity index (χ4v) is 2.54. The van der Waals surface area contributed by atoms with Crippen molar-refractivity contribution in [3.05, 3.63) is 0 Å². The van der Waals surface area contributed by atoms with E-state index < -0.39 is 9.84 Å². The van der Waals surface area contributed by atoms with Crippen molar-refractivity contribution < 1.29 is 13.5 Å². The predicted molar refractivity (Wildman–Crippen MR) is 70.2 cm³/mol. The summed E-state index contributed by atoms with van der Waals surface area (Å²) < 4.78 is 24.7. The second-order valence-corrected chi connectivity index (χ2v) is 6.01. The number of aliphatic hydroxyl groups excluding tert-OH is 1. The summed E-state index contributed by atoms with van der Waals surface area (Å²) in [4.78, 5) is 0.00653. The van der Waals surface area contributed by atoms with E-state index in [9.17, 15) is 8.42 Å². The van der Waals surface area contributed by atoms with Gasteiger partial charge in [0, 0.05) is 12.8 Å². The first kappa shape index (κ1) is 14.8. The molecule has 0 fully saturated rings. The van der Waals surface area contributed by atoms with Crippen LogP contribution in [0.2, 0.25) is 0 Å². The van der Waals surface area contributed by atoms with Gasteiger partial charge in [0.15, 0.2) is 20.6 Å². The van der Waals surface area contributed by atoms with Crippen molar-refractivity contribution in [3.63, 3.8) is 0 Å². The zero-order valence-corrected chi connectivity index (χ0v) is 11.5. The van der Waals surface area contributed by atoms with Crippen LogP contribution >= 0.6 is 0 Å². The molecule has 4 N–H and O–H groups in total. The Bertz CT molecular complexity index is 495. The second kappa shape index (κ2) is 6.05. The maximum Gasteiger partial charge on any atom is 0.182 e. The van der Waals surface area contributed by atoms with Crippen LogP contribution in [0.25, 0.3) is 0 Å². The van der Waals surface area contributed by atoms with Crippen LogP contribution in [0.3, 0.4) is 0 Å². The molecular formula is C10H20N4O3S. The highest BCUT2D eigenvalue weighted by Crippen LogP contribution is 2.26. The number of unbranched alkanes of at least 4 members (excludes halogenated alkanes) is 1. The van der Waals surface area contributed by atoms with Crippen LogP contribution in [0.4, 0.5) is 11.6 Å². The number of rotatable bonds is 7. The van der Waals surface area contributed by atoms with Crippen LogP contribution in [0.15, 0.2) is 4.90 Å². The molecule has 0 saturated carbocycles. The average molecular weight is 276 g/mol. The Labute approximate surface area is 107 Å². The van der Waals surface area contributed by atoms with E-state index in [1.165, 1.54) is 4.68 Å². The predicted octanol–water partition coefficient (Wildman–Crippen LogP) is 0.0731. The van der Waals surface area contributed by atoms with Crippen molar-refractivity contribution >= 4 is 21.5 Å². The lowest BCUT2D eigenvalue weighted by Gasteiger charge is -2.03. The number of nitrogens with zero attached hydrogens (tertiary/aromatic N) is 2. The minimum absolute atomic E-state index is 0.00653. The van der Waals surface area contributed by atoms with Gasteiger partial charge in [0.25, 0.3) is 0 Å². The molecule has 0 saturated heterocycles. The van der Waals surface area contributed by atoms with Crippen LogP contribution in [0.1, 0.15) is 19.8 Å². The molecule has 0 unspecified atom stereocenters. The summed E-state index contributed by atoms with van der Waals surface area (Å²) in [6.07, 6.45) is 3.00. The summed E-state index contributed by atoms with van der Waals surface area (Å²) >= 11 is 0. The maximum atomic E-state index is 11.7. The molecule has 0 aliphatic carbocycles. The molecule has 0 aliphatic heterocycles. The zero-order chi connectivity index (χ0) is 13.8. The molecule has 0 atom stereocenters. The molecule has 0 aliphatic rings. The summed E-state index contributed by atoms with van der Waals surface area (Å²) in [6, 6.07) is 0. The van der Waals surface area contributed by atoms with Gasteiger partial charge in [0.05, 0.1) is 13.2 Å². The zero-order valence-electron chi connectivity index (χ0n) is 10.7. The molecule has 8 heteroatoms. The lowest BCUT2D eigenvalue weighted by atomic mass is 10.3. The van der Waals surface area contributed by atoms with Crippen molar-refractivity contribution in [3.8, 4) is 0 Å². The van der Waals surface area contributed by atoms with E-state index >= 15 is 0 Å². The molecule has 1 aromatic heterocycles. The molecule has 0 spiro atoms. The van der Waals surface area contributed by atoms with E-state index in [2.05, 4.69) is 10.4 Å². The monoisotopic (exact) mass is 276 g/mol. The van der Waals surface area contributed by atoms with E-state index in [1.54, 1.807) is 0 Å². The Kier molecular flexibility index (Phi) is 4.97. The first-order valence-corrected chi connectivity index (χ1v) is 7.72. The topological polar surface area (TPSA) is 110 Å². The number of aromatic nitrogens is 2. The second-order valence-electron chi connectivity index (χ2n) is 4.06. The third-order valence-corrected chi connectivity index (χ3v) is 3.60. The molecule has 0 bridgehead atoms. The summed E-state index contributed by atoms with van der Waals surface area (Å²) in [5.74, 6) is 0.322. The highest BCUT2D eigenvalue weighted by atomic mass is 32.2. The first-order valence-electron chi connectivity index (χ1n) is 5.82. The Morgan fingerprint density at radius 2 is 2.17 bits per heavy atom.